The molecule has 0 aliphatic carbocycles. The molecule has 3 amide bonds. The number of para-hydroxylation sites is 1. The van der Waals surface area contributed by atoms with Gasteiger partial charge in [0.1, 0.15) is 12.4 Å². The number of aliphatic hydroxyl groups is 1. The molecule has 0 saturated carbocycles. The van der Waals surface area contributed by atoms with E-state index in [2.05, 4.69) is 5.32 Å². The smallest absolute Gasteiger partial charge is 0.271 e. The Morgan fingerprint density at radius 2 is 1.77 bits per heavy atom. The highest BCUT2D eigenvalue weighted by Crippen LogP contribution is 2.40. The zero-order chi connectivity index (χ0) is 22.6. The molecule has 0 aromatic heterocycles. The summed E-state index contributed by atoms with van der Waals surface area (Å²) in [5.41, 5.74) is -0.795. The van der Waals surface area contributed by atoms with Crippen molar-refractivity contribution in [3.8, 4) is 11.1 Å². The van der Waals surface area contributed by atoms with Crippen LogP contribution in [0.3, 0.4) is 0 Å². The van der Waals surface area contributed by atoms with Gasteiger partial charge in [-0.2, -0.15) is 0 Å². The largest absolute Gasteiger partial charge is 0.395 e. The van der Waals surface area contributed by atoms with Gasteiger partial charge in [-0.15, -0.1) is 0 Å². The molecule has 162 valence electrons. The Hall–Kier alpha value is -3.59. The van der Waals surface area contributed by atoms with E-state index in [1.54, 1.807) is 48.5 Å². The number of aliphatic hydroxyl groups excluding tert-OH is 1. The number of hydrogen-bond acceptors (Lipinski definition) is 4. The van der Waals surface area contributed by atoms with E-state index < -0.39 is 29.4 Å². The lowest BCUT2D eigenvalue weighted by Gasteiger charge is -2.27. The van der Waals surface area contributed by atoms with Crippen molar-refractivity contribution < 1.29 is 28.3 Å². The zero-order valence-corrected chi connectivity index (χ0v) is 16.6. The van der Waals surface area contributed by atoms with Crippen LogP contribution in [0.2, 0.25) is 0 Å². The van der Waals surface area contributed by atoms with Gasteiger partial charge in [-0.25, -0.2) is 8.78 Å². The second-order valence-electron chi connectivity index (χ2n) is 6.99. The van der Waals surface area contributed by atoms with E-state index in [4.69, 9.17) is 0 Å². The van der Waals surface area contributed by atoms with Gasteiger partial charge in [-0.3, -0.25) is 14.4 Å². The number of anilines is 1. The quantitative estimate of drug-likeness (QED) is 0.613. The standard InChI is InChI=1S/C22H21F2N3O4/c1-22(24,20(30)25-11-10-23)21(31)26-18-16-8-3-2-6-14(16)15-7-4-5-9-17(15)27(12-13-28)19(18)29/h2-11,18,28H,12-13H2,1H3,(H,25,30)(H,26,31)/b11-10+/t18-,22-/m0/s1. The predicted molar refractivity (Wildman–Crippen MR) is 110 cm³/mol. The average molecular weight is 429 g/mol. The van der Waals surface area contributed by atoms with E-state index in [1.165, 1.54) is 4.90 Å². The molecule has 0 radical (unpaired) electrons. The van der Waals surface area contributed by atoms with Gasteiger partial charge in [0.25, 0.3) is 23.4 Å². The van der Waals surface area contributed by atoms with Crippen molar-refractivity contribution in [2.24, 2.45) is 0 Å². The Labute approximate surface area is 177 Å². The first-order valence-corrected chi connectivity index (χ1v) is 9.49. The Morgan fingerprint density at radius 3 is 2.45 bits per heavy atom. The fourth-order valence-corrected chi connectivity index (χ4v) is 3.42. The summed E-state index contributed by atoms with van der Waals surface area (Å²) in [5, 5.41) is 13.6. The van der Waals surface area contributed by atoms with Gasteiger partial charge >= 0.3 is 0 Å². The summed E-state index contributed by atoms with van der Waals surface area (Å²) in [5.74, 6) is -3.34. The molecule has 2 aromatic carbocycles. The van der Waals surface area contributed by atoms with Crippen molar-refractivity contribution >= 4 is 23.4 Å². The van der Waals surface area contributed by atoms with E-state index in [0.717, 1.165) is 6.92 Å². The molecule has 1 aliphatic rings. The molecule has 3 N–H and O–H groups in total. The minimum atomic E-state index is -3.07. The van der Waals surface area contributed by atoms with Gasteiger partial charge in [0.2, 0.25) is 0 Å². The number of nitrogens with one attached hydrogen (secondary N) is 2. The summed E-state index contributed by atoms with van der Waals surface area (Å²) in [7, 11) is 0. The number of β-amino-alcohol motifs (C(OH)–C–C–N with tert-alkyl or cyclic N) is 1. The molecule has 0 unspecified atom stereocenters. The lowest BCUT2D eigenvalue weighted by atomic mass is 9.95. The van der Waals surface area contributed by atoms with Crippen molar-refractivity contribution in [2.45, 2.75) is 18.6 Å². The van der Waals surface area contributed by atoms with Crippen LogP contribution in [0, 0.1) is 0 Å². The van der Waals surface area contributed by atoms with Gasteiger partial charge in [0, 0.05) is 18.3 Å². The number of hydrogen-bond donors (Lipinski definition) is 3. The SMILES string of the molecule is C[C@](F)(C(=O)N/C=C/F)C(=O)N[C@@H]1C(=O)N(CCO)c2ccccc2-c2ccccc21. The van der Waals surface area contributed by atoms with Crippen molar-refractivity contribution in [1.29, 1.82) is 0 Å². The second-order valence-corrected chi connectivity index (χ2v) is 6.99. The van der Waals surface area contributed by atoms with E-state index in [9.17, 15) is 28.3 Å². The van der Waals surface area contributed by atoms with Crippen molar-refractivity contribution in [1.82, 2.24) is 10.6 Å². The maximum absolute atomic E-state index is 14.9. The van der Waals surface area contributed by atoms with E-state index >= 15 is 0 Å². The average Bonchev–Trinajstić information content (AvgIpc) is 2.87. The third-order valence-corrected chi connectivity index (χ3v) is 5.00. The topological polar surface area (TPSA) is 98.7 Å². The highest BCUT2D eigenvalue weighted by molar-refractivity contribution is 6.11. The van der Waals surface area contributed by atoms with Crippen LogP contribution in [0.25, 0.3) is 11.1 Å². The normalized spacial score (nSPS) is 17.4. The molecule has 2 atom stereocenters. The first-order chi connectivity index (χ1) is 14.8. The minimum Gasteiger partial charge on any atom is -0.395 e. The van der Waals surface area contributed by atoms with Gasteiger partial charge in [-0.05, 0) is 24.1 Å². The Morgan fingerprint density at radius 1 is 1.13 bits per heavy atom. The summed E-state index contributed by atoms with van der Waals surface area (Å²) in [4.78, 5) is 39.3. The monoisotopic (exact) mass is 429 g/mol. The number of amides is 3. The van der Waals surface area contributed by atoms with Crippen LogP contribution in [0.4, 0.5) is 14.5 Å². The number of alkyl halides is 1. The molecule has 3 rings (SSSR count). The summed E-state index contributed by atoms with van der Waals surface area (Å²) < 4.78 is 27.1. The third kappa shape index (κ3) is 4.17. The molecule has 0 bridgehead atoms. The van der Waals surface area contributed by atoms with Crippen molar-refractivity contribution in [3.05, 3.63) is 66.6 Å². The summed E-state index contributed by atoms with van der Waals surface area (Å²) in [6.07, 6.45) is 0.542. The number of nitrogens with zero attached hydrogens (tertiary/aromatic N) is 1. The Balaban J connectivity index is 2.05. The van der Waals surface area contributed by atoms with Crippen LogP contribution < -0.4 is 15.5 Å². The predicted octanol–water partition coefficient (Wildman–Crippen LogP) is 2.13. The summed E-state index contributed by atoms with van der Waals surface area (Å²) in [6.45, 7) is 0.331. The fourth-order valence-electron chi connectivity index (χ4n) is 3.42. The third-order valence-electron chi connectivity index (χ3n) is 5.00. The maximum atomic E-state index is 14.9. The number of rotatable bonds is 6. The molecule has 31 heavy (non-hydrogen) atoms. The molecule has 7 nitrogen and oxygen atoms in total. The van der Waals surface area contributed by atoms with Crippen LogP contribution in [0.5, 0.6) is 0 Å². The van der Waals surface area contributed by atoms with E-state index in [0.29, 0.717) is 28.6 Å². The van der Waals surface area contributed by atoms with Crippen LogP contribution in [-0.2, 0) is 14.4 Å². The molecule has 1 heterocycles. The molecular weight excluding hydrogens is 408 g/mol. The minimum absolute atomic E-state index is 0.0129. The highest BCUT2D eigenvalue weighted by Gasteiger charge is 2.44. The van der Waals surface area contributed by atoms with Gasteiger partial charge < -0.3 is 20.6 Å². The molecule has 9 heteroatoms. The fraction of sp³-hybridized carbons (Fsp3) is 0.227. The lowest BCUT2D eigenvalue weighted by molar-refractivity contribution is -0.145. The first kappa shape index (κ1) is 22.1. The first-order valence-electron chi connectivity index (χ1n) is 9.49. The molecule has 0 spiro atoms. The van der Waals surface area contributed by atoms with Gasteiger partial charge in [0.05, 0.1) is 12.3 Å². The number of carbonyl (C=O) groups excluding carboxylic acids is 3. The Bertz CT molecular complexity index is 1040. The maximum Gasteiger partial charge on any atom is 0.271 e. The van der Waals surface area contributed by atoms with E-state index in [-0.39, 0.29) is 19.5 Å². The highest BCUT2D eigenvalue weighted by atomic mass is 19.1. The van der Waals surface area contributed by atoms with E-state index in [1.807, 2.05) is 5.32 Å². The lowest BCUT2D eigenvalue weighted by Crippen LogP contribution is -2.54. The van der Waals surface area contributed by atoms with Crippen LogP contribution in [0.1, 0.15) is 18.5 Å². The van der Waals surface area contributed by atoms with Gasteiger partial charge in [-0.1, -0.05) is 42.5 Å². The zero-order valence-electron chi connectivity index (χ0n) is 16.6. The molecular formula is C22H21F2N3O4. The Kier molecular flexibility index (Phi) is 6.45. The molecule has 0 saturated heterocycles. The van der Waals surface area contributed by atoms with Crippen LogP contribution in [0.15, 0.2) is 61.1 Å². The summed E-state index contributed by atoms with van der Waals surface area (Å²) >= 11 is 0. The number of carbonyl (C=O) groups is 3. The molecule has 0 fully saturated rings. The molecule has 2 aromatic rings. The van der Waals surface area contributed by atoms with Gasteiger partial charge in [0.15, 0.2) is 0 Å². The van der Waals surface area contributed by atoms with Crippen molar-refractivity contribution in [2.75, 3.05) is 18.1 Å². The van der Waals surface area contributed by atoms with Crippen molar-refractivity contribution in [3.63, 3.8) is 0 Å². The van der Waals surface area contributed by atoms with Crippen LogP contribution in [-0.4, -0.2) is 41.6 Å². The molecule has 1 aliphatic heterocycles. The van der Waals surface area contributed by atoms with Crippen LogP contribution >= 0.6 is 0 Å². The second kappa shape index (κ2) is 9.05. The summed E-state index contributed by atoms with van der Waals surface area (Å²) in [6, 6.07) is 12.5. The number of benzene rings is 2. The number of halogens is 2. The number of fused-ring (bicyclic) bond motifs is 3.